The van der Waals surface area contributed by atoms with E-state index in [1.54, 1.807) is 42.5 Å². The van der Waals surface area contributed by atoms with Crippen molar-refractivity contribution in [1.29, 1.82) is 0 Å². The summed E-state index contributed by atoms with van der Waals surface area (Å²) in [6, 6.07) is 34.5. The van der Waals surface area contributed by atoms with Crippen LogP contribution in [0.2, 0.25) is 0 Å². The van der Waals surface area contributed by atoms with Gasteiger partial charge in [-0.3, -0.25) is 9.36 Å². The third kappa shape index (κ3) is 4.27. The molecular weight excluding hydrogens is 424 g/mol. The lowest BCUT2D eigenvalue weighted by Crippen LogP contribution is -2.15. The number of aromatic nitrogens is 2. The number of esters is 1. The van der Waals surface area contributed by atoms with Crippen molar-refractivity contribution < 1.29 is 14.3 Å². The predicted molar refractivity (Wildman–Crippen MR) is 132 cm³/mol. The maximum Gasteiger partial charge on any atom is 0.344 e. The van der Waals surface area contributed by atoms with Crippen LogP contribution in [0.15, 0.2) is 115 Å². The molecule has 0 unspecified atom stereocenters. The Kier molecular flexibility index (Phi) is 5.82. The van der Waals surface area contributed by atoms with Crippen LogP contribution in [-0.2, 0) is 4.79 Å². The monoisotopic (exact) mass is 444 g/mol. The Labute approximate surface area is 196 Å². The number of hydrogen-bond acceptors (Lipinski definition) is 4. The Hall–Kier alpha value is -4.77. The van der Waals surface area contributed by atoms with E-state index in [2.05, 4.69) is 4.98 Å². The van der Waals surface area contributed by atoms with Gasteiger partial charge in [0, 0.05) is 5.56 Å². The number of ether oxygens (including phenoxy) is 1. The molecule has 0 N–H and O–H groups in total. The van der Waals surface area contributed by atoms with Gasteiger partial charge in [-0.05, 0) is 48.0 Å². The standard InChI is InChI=1S/C29H20N2O3/c32-28(22-14-6-2-7-15-22)31-26-19-11-10-18-25(26)30-27(31)20-24(21-12-4-1-5-13-21)29(33)34-23-16-8-3-9-17-23/h1-20H/b24-20+. The molecule has 34 heavy (non-hydrogen) atoms. The number of fused-ring (bicyclic) bond motifs is 1. The SMILES string of the molecule is O=C(Oc1ccccc1)/C(=C/c1nc2ccccc2n1C(=O)c1ccccc1)c1ccccc1. The van der Waals surface area contributed by atoms with Gasteiger partial charge in [0.25, 0.3) is 5.91 Å². The largest absolute Gasteiger partial charge is 0.423 e. The molecule has 0 amide bonds. The minimum Gasteiger partial charge on any atom is -0.423 e. The van der Waals surface area contributed by atoms with Crippen molar-refractivity contribution in [1.82, 2.24) is 9.55 Å². The molecule has 0 atom stereocenters. The molecule has 0 saturated carbocycles. The van der Waals surface area contributed by atoms with Gasteiger partial charge in [0.05, 0.1) is 16.6 Å². The van der Waals surface area contributed by atoms with E-state index in [0.717, 1.165) is 0 Å². The second-order valence-electron chi connectivity index (χ2n) is 7.59. The van der Waals surface area contributed by atoms with Crippen LogP contribution >= 0.6 is 0 Å². The fourth-order valence-electron chi connectivity index (χ4n) is 3.72. The van der Waals surface area contributed by atoms with Crippen molar-refractivity contribution in [3.05, 3.63) is 132 Å². The van der Waals surface area contributed by atoms with Gasteiger partial charge in [-0.1, -0.05) is 78.9 Å². The molecule has 4 aromatic carbocycles. The van der Waals surface area contributed by atoms with Gasteiger partial charge in [0.1, 0.15) is 11.6 Å². The lowest BCUT2D eigenvalue weighted by atomic mass is 10.1. The fourth-order valence-corrected chi connectivity index (χ4v) is 3.72. The minimum absolute atomic E-state index is 0.232. The summed E-state index contributed by atoms with van der Waals surface area (Å²) in [6.45, 7) is 0. The molecule has 0 fully saturated rings. The summed E-state index contributed by atoms with van der Waals surface area (Å²) in [5.41, 5.74) is 2.79. The van der Waals surface area contributed by atoms with Crippen LogP contribution in [0.5, 0.6) is 5.75 Å². The fraction of sp³-hybridized carbons (Fsp3) is 0. The average Bonchev–Trinajstić information content (AvgIpc) is 3.26. The van der Waals surface area contributed by atoms with Crippen molar-refractivity contribution in [2.45, 2.75) is 0 Å². The van der Waals surface area contributed by atoms with E-state index in [0.29, 0.717) is 39.3 Å². The van der Waals surface area contributed by atoms with Crippen LogP contribution in [-0.4, -0.2) is 21.4 Å². The van der Waals surface area contributed by atoms with Crippen LogP contribution in [0.1, 0.15) is 21.7 Å². The summed E-state index contributed by atoms with van der Waals surface area (Å²) in [5, 5.41) is 0. The van der Waals surface area contributed by atoms with Crippen LogP contribution in [0.25, 0.3) is 22.7 Å². The van der Waals surface area contributed by atoms with Gasteiger partial charge in [0.2, 0.25) is 0 Å². The number of benzene rings is 4. The van der Waals surface area contributed by atoms with Gasteiger partial charge in [-0.25, -0.2) is 9.78 Å². The lowest BCUT2D eigenvalue weighted by molar-refractivity contribution is -0.127. The van der Waals surface area contributed by atoms with Crippen LogP contribution in [0.4, 0.5) is 0 Å². The summed E-state index contributed by atoms with van der Waals surface area (Å²) in [6.07, 6.45) is 1.61. The Morgan fingerprint density at radius 1 is 0.676 bits per heavy atom. The average molecular weight is 444 g/mol. The summed E-state index contributed by atoms with van der Waals surface area (Å²) >= 11 is 0. The van der Waals surface area contributed by atoms with Crippen molar-refractivity contribution in [3.8, 4) is 5.75 Å². The molecule has 0 aliphatic heterocycles. The maximum absolute atomic E-state index is 13.5. The highest BCUT2D eigenvalue weighted by Gasteiger charge is 2.21. The molecule has 1 heterocycles. The van der Waals surface area contributed by atoms with Gasteiger partial charge >= 0.3 is 5.97 Å². The topological polar surface area (TPSA) is 61.2 Å². The molecule has 0 saturated heterocycles. The van der Waals surface area contributed by atoms with Gasteiger partial charge in [-0.2, -0.15) is 0 Å². The van der Waals surface area contributed by atoms with Gasteiger partial charge < -0.3 is 4.74 Å². The zero-order chi connectivity index (χ0) is 23.3. The van der Waals surface area contributed by atoms with Crippen molar-refractivity contribution in [3.63, 3.8) is 0 Å². The molecule has 0 aliphatic rings. The molecule has 5 rings (SSSR count). The summed E-state index contributed by atoms with van der Waals surface area (Å²) in [4.78, 5) is 31.4. The molecule has 5 aromatic rings. The third-order valence-electron chi connectivity index (χ3n) is 5.34. The van der Waals surface area contributed by atoms with E-state index in [9.17, 15) is 9.59 Å². The Morgan fingerprint density at radius 3 is 1.91 bits per heavy atom. The summed E-state index contributed by atoms with van der Waals surface area (Å²) < 4.78 is 7.16. The third-order valence-corrected chi connectivity index (χ3v) is 5.34. The zero-order valence-corrected chi connectivity index (χ0v) is 18.2. The Bertz CT molecular complexity index is 1490. The first kappa shape index (κ1) is 21.1. The smallest absolute Gasteiger partial charge is 0.344 e. The predicted octanol–water partition coefficient (Wildman–Crippen LogP) is 5.87. The molecule has 0 radical (unpaired) electrons. The number of rotatable bonds is 5. The Balaban J connectivity index is 1.67. The summed E-state index contributed by atoms with van der Waals surface area (Å²) in [7, 11) is 0. The van der Waals surface area contributed by atoms with E-state index in [-0.39, 0.29) is 5.91 Å². The molecule has 164 valence electrons. The molecule has 0 spiro atoms. The highest BCUT2D eigenvalue weighted by molar-refractivity contribution is 6.22. The van der Waals surface area contributed by atoms with Crippen LogP contribution in [0.3, 0.4) is 0 Å². The van der Waals surface area contributed by atoms with Gasteiger partial charge in [0.15, 0.2) is 0 Å². The molecule has 5 nitrogen and oxygen atoms in total. The quantitative estimate of drug-likeness (QED) is 0.193. The van der Waals surface area contributed by atoms with Crippen molar-refractivity contribution in [2.24, 2.45) is 0 Å². The van der Waals surface area contributed by atoms with Crippen molar-refractivity contribution >= 4 is 34.6 Å². The molecular formula is C29H20N2O3. The van der Waals surface area contributed by atoms with E-state index in [4.69, 9.17) is 4.74 Å². The molecule has 0 aliphatic carbocycles. The van der Waals surface area contributed by atoms with E-state index < -0.39 is 5.97 Å². The highest BCUT2D eigenvalue weighted by atomic mass is 16.5. The number of carbonyl (C=O) groups is 2. The van der Waals surface area contributed by atoms with Crippen molar-refractivity contribution in [2.75, 3.05) is 0 Å². The first-order valence-electron chi connectivity index (χ1n) is 10.8. The summed E-state index contributed by atoms with van der Waals surface area (Å²) in [5.74, 6) is 0.00895. The second kappa shape index (κ2) is 9.38. The number of imidazole rings is 1. The normalized spacial score (nSPS) is 11.4. The molecule has 0 bridgehead atoms. The van der Waals surface area contributed by atoms with E-state index in [1.807, 2.05) is 78.9 Å². The second-order valence-corrected chi connectivity index (χ2v) is 7.59. The zero-order valence-electron chi connectivity index (χ0n) is 18.2. The first-order valence-corrected chi connectivity index (χ1v) is 10.8. The van der Waals surface area contributed by atoms with Crippen LogP contribution in [0, 0.1) is 0 Å². The van der Waals surface area contributed by atoms with E-state index in [1.165, 1.54) is 4.57 Å². The minimum atomic E-state index is -0.539. The molecule has 5 heteroatoms. The lowest BCUT2D eigenvalue weighted by Gasteiger charge is -2.10. The first-order chi connectivity index (χ1) is 16.7. The number of nitrogens with zero attached hydrogens (tertiary/aromatic N) is 2. The van der Waals surface area contributed by atoms with E-state index >= 15 is 0 Å². The molecule has 1 aromatic heterocycles. The highest BCUT2D eigenvalue weighted by Crippen LogP contribution is 2.25. The Morgan fingerprint density at radius 2 is 1.24 bits per heavy atom. The maximum atomic E-state index is 13.5. The number of para-hydroxylation sites is 3. The number of hydrogen-bond donors (Lipinski definition) is 0. The van der Waals surface area contributed by atoms with Crippen LogP contribution < -0.4 is 4.74 Å². The van der Waals surface area contributed by atoms with Gasteiger partial charge in [-0.15, -0.1) is 0 Å². The number of carbonyl (C=O) groups excluding carboxylic acids is 2.